The lowest BCUT2D eigenvalue weighted by Crippen LogP contribution is -2.47. The van der Waals surface area contributed by atoms with Gasteiger partial charge in [-0.1, -0.05) is 44.0 Å². The van der Waals surface area contributed by atoms with Gasteiger partial charge in [-0.3, -0.25) is 14.4 Å². The van der Waals surface area contributed by atoms with Crippen LogP contribution in [0.25, 0.3) is 0 Å². The van der Waals surface area contributed by atoms with E-state index in [9.17, 15) is 14.4 Å². The Balaban J connectivity index is 1.55. The van der Waals surface area contributed by atoms with Crippen molar-refractivity contribution in [2.45, 2.75) is 57.5 Å². The Kier molecular flexibility index (Phi) is 6.35. The summed E-state index contributed by atoms with van der Waals surface area (Å²) in [5, 5.41) is 5.79. The van der Waals surface area contributed by atoms with Crippen LogP contribution in [-0.4, -0.2) is 34.7 Å². The Morgan fingerprint density at radius 1 is 0.935 bits per heavy atom. The minimum absolute atomic E-state index is 0.0703. The van der Waals surface area contributed by atoms with Crippen LogP contribution in [0.1, 0.15) is 55.8 Å². The highest BCUT2D eigenvalue weighted by molar-refractivity contribution is 6.02. The van der Waals surface area contributed by atoms with E-state index in [2.05, 4.69) is 10.6 Å². The molecule has 1 aliphatic carbocycles. The number of nitrogens with zero attached hydrogens (tertiary/aromatic N) is 1. The van der Waals surface area contributed by atoms with Crippen molar-refractivity contribution < 1.29 is 14.4 Å². The topological polar surface area (TPSA) is 78.5 Å². The van der Waals surface area contributed by atoms with E-state index in [1.54, 1.807) is 31.2 Å². The molecule has 3 unspecified atom stereocenters. The first-order valence-corrected chi connectivity index (χ1v) is 11.2. The minimum atomic E-state index is -0.491. The first kappa shape index (κ1) is 21.1. The Bertz CT molecular complexity index is 959. The van der Waals surface area contributed by atoms with Gasteiger partial charge in [-0.25, -0.2) is 0 Å². The molecular weight excluding hydrogens is 390 g/mol. The van der Waals surface area contributed by atoms with Crippen LogP contribution in [0.4, 0.5) is 11.4 Å². The number of benzene rings is 2. The molecular formula is C25H29N3O3. The van der Waals surface area contributed by atoms with Crippen molar-refractivity contribution in [3.05, 3.63) is 60.2 Å². The number of amides is 3. The molecule has 162 valence electrons. The average molecular weight is 420 g/mol. The predicted octanol–water partition coefficient (Wildman–Crippen LogP) is 4.45. The summed E-state index contributed by atoms with van der Waals surface area (Å²) >= 11 is 0. The van der Waals surface area contributed by atoms with Crippen molar-refractivity contribution in [3.63, 3.8) is 0 Å². The Morgan fingerprint density at radius 3 is 2.39 bits per heavy atom. The lowest BCUT2D eigenvalue weighted by Gasteiger charge is -2.33. The summed E-state index contributed by atoms with van der Waals surface area (Å²) in [5.41, 5.74) is 1.87. The van der Waals surface area contributed by atoms with E-state index < -0.39 is 6.04 Å². The van der Waals surface area contributed by atoms with Crippen LogP contribution in [0.2, 0.25) is 0 Å². The number of carbonyl (C=O) groups is 3. The van der Waals surface area contributed by atoms with Crippen LogP contribution < -0.4 is 10.6 Å². The van der Waals surface area contributed by atoms with Crippen LogP contribution in [0.5, 0.6) is 0 Å². The summed E-state index contributed by atoms with van der Waals surface area (Å²) in [5.74, 6) is 0.0482. The van der Waals surface area contributed by atoms with Crippen molar-refractivity contribution in [2.75, 3.05) is 10.6 Å². The summed E-state index contributed by atoms with van der Waals surface area (Å²) in [6.07, 6.45) is 5.34. The van der Waals surface area contributed by atoms with E-state index in [0.29, 0.717) is 35.7 Å². The Morgan fingerprint density at radius 2 is 1.65 bits per heavy atom. The Hall–Kier alpha value is -3.15. The average Bonchev–Trinajstić information content (AvgIpc) is 3.19. The number of likely N-dealkylation sites (tertiary alicyclic amines) is 1. The number of carbonyl (C=O) groups excluding carboxylic acids is 3. The van der Waals surface area contributed by atoms with Gasteiger partial charge in [-0.05, 0) is 55.5 Å². The van der Waals surface area contributed by atoms with Crippen molar-refractivity contribution in [1.82, 2.24) is 4.90 Å². The summed E-state index contributed by atoms with van der Waals surface area (Å²) in [6.45, 7) is 1.79. The quantitative estimate of drug-likeness (QED) is 0.752. The fourth-order valence-corrected chi connectivity index (χ4v) is 4.87. The zero-order valence-corrected chi connectivity index (χ0v) is 17.8. The van der Waals surface area contributed by atoms with Gasteiger partial charge in [0, 0.05) is 29.4 Å². The summed E-state index contributed by atoms with van der Waals surface area (Å²) in [7, 11) is 0. The minimum Gasteiger partial charge on any atom is -0.326 e. The summed E-state index contributed by atoms with van der Waals surface area (Å²) in [6, 6.07) is 16.0. The van der Waals surface area contributed by atoms with E-state index >= 15 is 0 Å². The molecule has 1 saturated carbocycles. The molecule has 2 fully saturated rings. The van der Waals surface area contributed by atoms with Gasteiger partial charge in [0.1, 0.15) is 6.04 Å². The molecule has 31 heavy (non-hydrogen) atoms. The van der Waals surface area contributed by atoms with E-state index in [-0.39, 0.29) is 23.8 Å². The first-order chi connectivity index (χ1) is 15.1. The molecule has 2 aromatic carbocycles. The predicted molar refractivity (Wildman–Crippen MR) is 121 cm³/mol. The summed E-state index contributed by atoms with van der Waals surface area (Å²) in [4.78, 5) is 40.2. The maximum absolute atomic E-state index is 13.4. The van der Waals surface area contributed by atoms with Crippen LogP contribution in [0.3, 0.4) is 0 Å². The number of hydrogen-bond donors (Lipinski definition) is 2. The van der Waals surface area contributed by atoms with Crippen LogP contribution in [-0.2, 0) is 9.59 Å². The highest BCUT2D eigenvalue weighted by atomic mass is 16.2. The number of anilines is 2. The highest BCUT2D eigenvalue weighted by Gasteiger charge is 2.47. The fourth-order valence-electron chi connectivity index (χ4n) is 4.87. The van der Waals surface area contributed by atoms with Gasteiger partial charge in [-0.2, -0.15) is 0 Å². The molecule has 4 rings (SSSR count). The maximum atomic E-state index is 13.4. The van der Waals surface area contributed by atoms with Crippen LogP contribution >= 0.6 is 0 Å². The van der Waals surface area contributed by atoms with Gasteiger partial charge < -0.3 is 15.5 Å². The third-order valence-electron chi connectivity index (χ3n) is 6.38. The van der Waals surface area contributed by atoms with Crippen molar-refractivity contribution in [2.24, 2.45) is 5.92 Å². The standard InChI is InChI=1S/C25H29N3O3/c1-2-23(29)26-19-12-8-13-20(16-19)27-24(30)22-15-18-11-6-7-14-21(18)28(22)25(31)17-9-4-3-5-10-17/h3-5,8-10,12-13,16,18,21-22H,2,6-7,11,14-15H2,1H3,(H,26,29)(H,27,30). The van der Waals surface area contributed by atoms with E-state index in [1.807, 2.05) is 35.2 Å². The van der Waals surface area contributed by atoms with E-state index in [4.69, 9.17) is 0 Å². The van der Waals surface area contributed by atoms with Crippen molar-refractivity contribution in [3.8, 4) is 0 Å². The zero-order valence-electron chi connectivity index (χ0n) is 17.8. The number of fused-ring (bicyclic) bond motifs is 1. The molecule has 2 N–H and O–H groups in total. The van der Waals surface area contributed by atoms with Gasteiger partial charge in [0.15, 0.2) is 0 Å². The second kappa shape index (κ2) is 9.33. The number of nitrogens with one attached hydrogen (secondary N) is 2. The fraction of sp³-hybridized carbons (Fsp3) is 0.400. The molecule has 2 aromatic rings. The van der Waals surface area contributed by atoms with Gasteiger partial charge in [0.2, 0.25) is 11.8 Å². The van der Waals surface area contributed by atoms with Gasteiger partial charge >= 0.3 is 0 Å². The van der Waals surface area contributed by atoms with Gasteiger partial charge in [0.25, 0.3) is 5.91 Å². The lowest BCUT2D eigenvalue weighted by atomic mass is 9.84. The van der Waals surface area contributed by atoms with Crippen molar-refractivity contribution >= 4 is 29.1 Å². The molecule has 6 nitrogen and oxygen atoms in total. The lowest BCUT2D eigenvalue weighted by molar-refractivity contribution is -0.120. The molecule has 0 spiro atoms. The normalized spacial score (nSPS) is 22.5. The second-order valence-corrected chi connectivity index (χ2v) is 8.41. The van der Waals surface area contributed by atoms with Gasteiger partial charge in [-0.15, -0.1) is 0 Å². The third kappa shape index (κ3) is 4.63. The molecule has 0 bridgehead atoms. The van der Waals surface area contributed by atoms with Crippen LogP contribution in [0, 0.1) is 5.92 Å². The maximum Gasteiger partial charge on any atom is 0.254 e. The first-order valence-electron chi connectivity index (χ1n) is 11.2. The number of rotatable bonds is 5. The smallest absolute Gasteiger partial charge is 0.254 e. The van der Waals surface area contributed by atoms with Crippen molar-refractivity contribution in [1.29, 1.82) is 0 Å². The Labute approximate surface area is 183 Å². The summed E-state index contributed by atoms with van der Waals surface area (Å²) < 4.78 is 0. The molecule has 1 saturated heterocycles. The molecule has 0 aromatic heterocycles. The molecule has 3 amide bonds. The van der Waals surface area contributed by atoms with E-state index in [0.717, 1.165) is 25.7 Å². The SMILES string of the molecule is CCC(=O)Nc1cccc(NC(=O)C2CC3CCCCC3N2C(=O)c2ccccc2)c1. The molecule has 1 heterocycles. The zero-order chi connectivity index (χ0) is 21.8. The molecule has 3 atom stereocenters. The monoisotopic (exact) mass is 419 g/mol. The second-order valence-electron chi connectivity index (χ2n) is 8.41. The number of hydrogen-bond acceptors (Lipinski definition) is 3. The highest BCUT2D eigenvalue weighted by Crippen LogP contribution is 2.40. The van der Waals surface area contributed by atoms with E-state index in [1.165, 1.54) is 0 Å². The van der Waals surface area contributed by atoms with Gasteiger partial charge in [0.05, 0.1) is 0 Å². The third-order valence-corrected chi connectivity index (χ3v) is 6.38. The largest absolute Gasteiger partial charge is 0.326 e. The molecule has 1 aliphatic heterocycles. The molecule has 6 heteroatoms. The molecule has 0 radical (unpaired) electrons. The van der Waals surface area contributed by atoms with Crippen LogP contribution in [0.15, 0.2) is 54.6 Å². The molecule has 2 aliphatic rings.